The van der Waals surface area contributed by atoms with Crippen molar-refractivity contribution in [3.05, 3.63) is 29.3 Å². The minimum Gasteiger partial charge on any atom is -0.496 e. The molecule has 0 heterocycles. The molecule has 5 heteroatoms. The SMILES string of the molecule is COc1ccc(C)cc1C(NN)C(F)F. The predicted octanol–water partition coefficient (Wildman–Crippen LogP) is 1.77. The van der Waals surface area contributed by atoms with Crippen molar-refractivity contribution in [2.45, 2.75) is 19.4 Å². The molecule has 0 fully saturated rings. The van der Waals surface area contributed by atoms with Crippen LogP contribution in [-0.2, 0) is 0 Å². The molecule has 1 unspecified atom stereocenters. The summed E-state index contributed by atoms with van der Waals surface area (Å²) in [6.07, 6.45) is -2.58. The molecule has 0 saturated carbocycles. The van der Waals surface area contributed by atoms with Crippen LogP contribution < -0.4 is 16.0 Å². The molecule has 1 aromatic rings. The molecule has 0 spiro atoms. The van der Waals surface area contributed by atoms with Crippen LogP contribution in [-0.4, -0.2) is 13.5 Å². The Morgan fingerprint density at radius 3 is 2.53 bits per heavy atom. The van der Waals surface area contributed by atoms with Gasteiger partial charge in [0.1, 0.15) is 11.8 Å². The molecular weight excluding hydrogens is 202 g/mol. The van der Waals surface area contributed by atoms with Gasteiger partial charge in [0, 0.05) is 5.56 Å². The van der Waals surface area contributed by atoms with Gasteiger partial charge in [0.15, 0.2) is 0 Å². The van der Waals surface area contributed by atoms with Gasteiger partial charge in [-0.3, -0.25) is 5.84 Å². The number of ether oxygens (including phenoxy) is 1. The van der Waals surface area contributed by atoms with Crippen molar-refractivity contribution < 1.29 is 13.5 Å². The van der Waals surface area contributed by atoms with Gasteiger partial charge in [-0.15, -0.1) is 0 Å². The summed E-state index contributed by atoms with van der Waals surface area (Å²) in [4.78, 5) is 0. The van der Waals surface area contributed by atoms with Crippen LogP contribution >= 0.6 is 0 Å². The fraction of sp³-hybridized carbons (Fsp3) is 0.400. The van der Waals surface area contributed by atoms with Gasteiger partial charge in [0.05, 0.1) is 7.11 Å². The molecule has 84 valence electrons. The Balaban J connectivity index is 3.13. The zero-order chi connectivity index (χ0) is 11.4. The van der Waals surface area contributed by atoms with Crippen molar-refractivity contribution in [3.8, 4) is 5.75 Å². The maximum atomic E-state index is 12.6. The van der Waals surface area contributed by atoms with Crippen LogP contribution in [0.1, 0.15) is 17.2 Å². The van der Waals surface area contributed by atoms with E-state index in [1.165, 1.54) is 7.11 Å². The third-order valence-corrected chi connectivity index (χ3v) is 2.15. The number of hydrogen-bond acceptors (Lipinski definition) is 3. The molecule has 3 N–H and O–H groups in total. The van der Waals surface area contributed by atoms with E-state index in [1.807, 2.05) is 6.92 Å². The van der Waals surface area contributed by atoms with E-state index in [0.717, 1.165) is 5.56 Å². The van der Waals surface area contributed by atoms with E-state index in [4.69, 9.17) is 10.6 Å². The molecule has 0 aliphatic rings. The van der Waals surface area contributed by atoms with Crippen molar-refractivity contribution in [1.29, 1.82) is 0 Å². The number of alkyl halides is 2. The zero-order valence-electron chi connectivity index (χ0n) is 8.63. The molecule has 0 aromatic heterocycles. The Kier molecular flexibility index (Phi) is 3.99. The Hall–Kier alpha value is -1.20. The first kappa shape index (κ1) is 11.9. The average molecular weight is 216 g/mol. The number of hydrogen-bond donors (Lipinski definition) is 2. The molecule has 0 bridgehead atoms. The smallest absolute Gasteiger partial charge is 0.259 e. The van der Waals surface area contributed by atoms with Crippen LogP contribution in [0.15, 0.2) is 18.2 Å². The Labute approximate surface area is 87.2 Å². The standard InChI is InChI=1S/C10H14F2N2O/c1-6-3-4-8(15-2)7(5-6)9(14-13)10(11)12/h3-5,9-10,14H,13H2,1-2H3. The summed E-state index contributed by atoms with van der Waals surface area (Å²) in [5.74, 6) is 5.50. The number of benzene rings is 1. The Morgan fingerprint density at radius 1 is 1.40 bits per heavy atom. The van der Waals surface area contributed by atoms with E-state index in [0.29, 0.717) is 11.3 Å². The van der Waals surface area contributed by atoms with Gasteiger partial charge in [-0.1, -0.05) is 17.7 Å². The molecule has 0 saturated heterocycles. The fourth-order valence-corrected chi connectivity index (χ4v) is 1.40. The van der Waals surface area contributed by atoms with E-state index in [9.17, 15) is 8.78 Å². The molecule has 0 aliphatic heterocycles. The van der Waals surface area contributed by atoms with Gasteiger partial charge in [-0.05, 0) is 13.0 Å². The number of rotatable bonds is 4. The summed E-state index contributed by atoms with van der Waals surface area (Å²) in [7, 11) is 1.44. The summed E-state index contributed by atoms with van der Waals surface area (Å²) >= 11 is 0. The summed E-state index contributed by atoms with van der Waals surface area (Å²) in [6.45, 7) is 1.82. The quantitative estimate of drug-likeness (QED) is 0.595. The van der Waals surface area contributed by atoms with Crippen LogP contribution in [0.4, 0.5) is 8.78 Å². The summed E-state index contributed by atoms with van der Waals surface area (Å²) in [6, 6.07) is 3.87. The normalized spacial score (nSPS) is 12.9. The van der Waals surface area contributed by atoms with Crippen LogP contribution in [0.2, 0.25) is 0 Å². The zero-order valence-corrected chi connectivity index (χ0v) is 8.63. The lowest BCUT2D eigenvalue weighted by Gasteiger charge is -2.18. The summed E-state index contributed by atoms with van der Waals surface area (Å²) < 4.78 is 30.3. The topological polar surface area (TPSA) is 47.3 Å². The predicted molar refractivity (Wildman–Crippen MR) is 53.8 cm³/mol. The number of nitrogens with two attached hydrogens (primary N) is 1. The highest BCUT2D eigenvalue weighted by Gasteiger charge is 2.24. The number of nitrogens with one attached hydrogen (secondary N) is 1. The minimum absolute atomic E-state index is 0.370. The summed E-state index contributed by atoms with van der Waals surface area (Å²) in [5.41, 5.74) is 3.34. The maximum Gasteiger partial charge on any atom is 0.259 e. The highest BCUT2D eigenvalue weighted by Crippen LogP contribution is 2.29. The van der Waals surface area contributed by atoms with Gasteiger partial charge < -0.3 is 4.74 Å². The van der Waals surface area contributed by atoms with Crippen LogP contribution in [0.3, 0.4) is 0 Å². The van der Waals surface area contributed by atoms with E-state index in [2.05, 4.69) is 5.43 Å². The lowest BCUT2D eigenvalue weighted by Crippen LogP contribution is -2.33. The molecule has 3 nitrogen and oxygen atoms in total. The fourth-order valence-electron chi connectivity index (χ4n) is 1.40. The third kappa shape index (κ3) is 2.64. The lowest BCUT2D eigenvalue weighted by molar-refractivity contribution is 0.0973. The largest absolute Gasteiger partial charge is 0.496 e. The molecule has 15 heavy (non-hydrogen) atoms. The van der Waals surface area contributed by atoms with Crippen molar-refractivity contribution in [2.75, 3.05) is 7.11 Å². The molecule has 1 atom stereocenters. The lowest BCUT2D eigenvalue weighted by atomic mass is 10.0. The van der Waals surface area contributed by atoms with Crippen molar-refractivity contribution in [1.82, 2.24) is 5.43 Å². The molecule has 0 amide bonds. The average Bonchev–Trinajstić information content (AvgIpc) is 2.18. The minimum atomic E-state index is -2.58. The van der Waals surface area contributed by atoms with Gasteiger partial charge in [-0.25, -0.2) is 14.2 Å². The number of aryl methyl sites for hydroxylation is 1. The van der Waals surface area contributed by atoms with Gasteiger partial charge >= 0.3 is 0 Å². The molecule has 0 aliphatic carbocycles. The second kappa shape index (κ2) is 5.04. The Morgan fingerprint density at radius 2 is 2.07 bits per heavy atom. The third-order valence-electron chi connectivity index (χ3n) is 2.15. The second-order valence-electron chi connectivity index (χ2n) is 3.22. The van der Waals surface area contributed by atoms with E-state index >= 15 is 0 Å². The number of methoxy groups -OCH3 is 1. The second-order valence-corrected chi connectivity index (χ2v) is 3.22. The first-order chi connectivity index (χ1) is 7.10. The molecule has 1 aromatic carbocycles. The van der Waals surface area contributed by atoms with Crippen LogP contribution in [0.25, 0.3) is 0 Å². The van der Waals surface area contributed by atoms with Gasteiger partial charge in [0.25, 0.3) is 6.43 Å². The summed E-state index contributed by atoms with van der Waals surface area (Å²) in [5, 5.41) is 0. The monoisotopic (exact) mass is 216 g/mol. The number of halogens is 2. The van der Waals surface area contributed by atoms with Crippen LogP contribution in [0, 0.1) is 6.92 Å². The Bertz CT molecular complexity index is 331. The van der Waals surface area contributed by atoms with Crippen molar-refractivity contribution >= 4 is 0 Å². The van der Waals surface area contributed by atoms with Crippen LogP contribution in [0.5, 0.6) is 5.75 Å². The van der Waals surface area contributed by atoms with Crippen molar-refractivity contribution in [3.63, 3.8) is 0 Å². The molecule has 1 rings (SSSR count). The highest BCUT2D eigenvalue weighted by atomic mass is 19.3. The van der Waals surface area contributed by atoms with E-state index in [-0.39, 0.29) is 0 Å². The number of hydrazine groups is 1. The highest BCUT2D eigenvalue weighted by molar-refractivity contribution is 5.39. The molecule has 0 radical (unpaired) electrons. The first-order valence-electron chi connectivity index (χ1n) is 4.49. The molecular formula is C10H14F2N2O. The first-order valence-corrected chi connectivity index (χ1v) is 4.49. The van der Waals surface area contributed by atoms with E-state index in [1.54, 1.807) is 18.2 Å². The maximum absolute atomic E-state index is 12.6. The van der Waals surface area contributed by atoms with Crippen molar-refractivity contribution in [2.24, 2.45) is 5.84 Å². The van der Waals surface area contributed by atoms with Gasteiger partial charge in [0.2, 0.25) is 0 Å². The van der Waals surface area contributed by atoms with Gasteiger partial charge in [-0.2, -0.15) is 0 Å². The van der Waals surface area contributed by atoms with E-state index < -0.39 is 12.5 Å².